The number of nitrogens with one attached hydrogen (secondary N) is 2. The van der Waals surface area contributed by atoms with Crippen molar-refractivity contribution in [1.82, 2.24) is 15.5 Å². The largest absolute Gasteiger partial charge is 0.444 e. The van der Waals surface area contributed by atoms with E-state index in [1.165, 1.54) is 18.2 Å². The summed E-state index contributed by atoms with van der Waals surface area (Å²) in [5, 5.41) is 15.3. The number of likely N-dealkylation sites (tertiary alicyclic amines) is 1. The predicted molar refractivity (Wildman–Crippen MR) is 121 cm³/mol. The molecule has 9 heteroatoms. The average molecular weight is 517 g/mol. The summed E-state index contributed by atoms with van der Waals surface area (Å²) in [6.45, 7) is 6.90. The summed E-state index contributed by atoms with van der Waals surface area (Å²) in [5.74, 6) is 0.133. The van der Waals surface area contributed by atoms with Crippen LogP contribution < -0.4 is 10.6 Å². The fourth-order valence-corrected chi connectivity index (χ4v) is 2.93. The van der Waals surface area contributed by atoms with Gasteiger partial charge in [-0.05, 0) is 51.8 Å². The predicted octanol–water partition coefficient (Wildman–Crippen LogP) is 3.38. The summed E-state index contributed by atoms with van der Waals surface area (Å²) in [5.41, 5.74) is 0.263. The van der Waals surface area contributed by atoms with Gasteiger partial charge in [0, 0.05) is 38.3 Å². The molecule has 160 valence electrons. The minimum absolute atomic E-state index is 0. The molecule has 1 aromatic rings. The van der Waals surface area contributed by atoms with Crippen molar-refractivity contribution in [3.05, 3.63) is 35.1 Å². The smallest absolute Gasteiger partial charge is 0.410 e. The first-order valence-corrected chi connectivity index (χ1v) is 9.35. The van der Waals surface area contributed by atoms with Gasteiger partial charge in [0.05, 0.1) is 11.6 Å². The first kappa shape index (κ1) is 24.9. The van der Waals surface area contributed by atoms with E-state index in [1.807, 2.05) is 26.8 Å². The molecule has 0 saturated carbocycles. The summed E-state index contributed by atoms with van der Waals surface area (Å²) in [7, 11) is 1.63. The number of amides is 1. The fraction of sp³-hybridized carbons (Fsp3) is 0.550. The van der Waals surface area contributed by atoms with Crippen LogP contribution in [0.25, 0.3) is 0 Å². The molecule has 1 atom stereocenters. The number of nitriles is 1. The second-order valence-corrected chi connectivity index (χ2v) is 7.75. The third kappa shape index (κ3) is 8.04. The lowest BCUT2D eigenvalue weighted by atomic mass is 10.1. The van der Waals surface area contributed by atoms with Crippen molar-refractivity contribution < 1.29 is 13.9 Å². The fourth-order valence-electron chi connectivity index (χ4n) is 2.93. The van der Waals surface area contributed by atoms with Gasteiger partial charge in [0.1, 0.15) is 11.4 Å². The van der Waals surface area contributed by atoms with Gasteiger partial charge in [0.25, 0.3) is 0 Å². The number of carbonyl (C=O) groups is 1. The molecule has 1 fully saturated rings. The minimum atomic E-state index is -0.531. The minimum Gasteiger partial charge on any atom is -0.444 e. The molecule has 1 heterocycles. The molecule has 0 bridgehead atoms. The highest BCUT2D eigenvalue weighted by atomic mass is 127. The normalized spacial score (nSPS) is 17.0. The van der Waals surface area contributed by atoms with E-state index >= 15 is 0 Å². The van der Waals surface area contributed by atoms with Gasteiger partial charge < -0.3 is 20.3 Å². The van der Waals surface area contributed by atoms with E-state index in [9.17, 15) is 9.18 Å². The topological polar surface area (TPSA) is 89.8 Å². The van der Waals surface area contributed by atoms with Crippen LogP contribution in [0.4, 0.5) is 9.18 Å². The third-order valence-corrected chi connectivity index (χ3v) is 4.26. The van der Waals surface area contributed by atoms with Gasteiger partial charge in [-0.3, -0.25) is 4.99 Å². The number of guanidine groups is 1. The number of carbonyl (C=O) groups excluding carboxylic acids is 1. The zero-order valence-corrected chi connectivity index (χ0v) is 19.6. The van der Waals surface area contributed by atoms with Crippen LogP contribution in [0.5, 0.6) is 0 Å². The van der Waals surface area contributed by atoms with E-state index in [-0.39, 0.29) is 48.5 Å². The van der Waals surface area contributed by atoms with E-state index in [1.54, 1.807) is 11.9 Å². The Balaban J connectivity index is 0.00000420. The molecule has 2 N–H and O–H groups in total. The highest BCUT2D eigenvalue weighted by Gasteiger charge is 2.28. The number of rotatable bonds is 3. The molecule has 29 heavy (non-hydrogen) atoms. The van der Waals surface area contributed by atoms with E-state index in [0.29, 0.717) is 30.2 Å². The number of aliphatic imine (C=N–C) groups is 1. The number of halogens is 2. The Hall–Kier alpha value is -2.09. The third-order valence-electron chi connectivity index (χ3n) is 4.26. The first-order valence-electron chi connectivity index (χ1n) is 9.35. The van der Waals surface area contributed by atoms with Crippen LogP contribution in [0.3, 0.4) is 0 Å². The Labute approximate surface area is 188 Å². The van der Waals surface area contributed by atoms with Gasteiger partial charge in [0.15, 0.2) is 5.96 Å². The molecule has 2 rings (SSSR count). The number of hydrogen-bond donors (Lipinski definition) is 2. The van der Waals surface area contributed by atoms with Crippen LogP contribution in [0.15, 0.2) is 23.2 Å². The second kappa shape index (κ2) is 11.2. The van der Waals surface area contributed by atoms with E-state index < -0.39 is 5.60 Å². The van der Waals surface area contributed by atoms with E-state index in [4.69, 9.17) is 10.00 Å². The summed E-state index contributed by atoms with van der Waals surface area (Å²) in [4.78, 5) is 18.1. The molecule has 1 aromatic carbocycles. The quantitative estimate of drug-likeness (QED) is 0.365. The Morgan fingerprint density at radius 1 is 1.45 bits per heavy atom. The van der Waals surface area contributed by atoms with Crippen molar-refractivity contribution >= 4 is 36.0 Å². The molecule has 1 unspecified atom stereocenters. The first-order chi connectivity index (χ1) is 13.2. The Bertz CT molecular complexity index is 773. The Morgan fingerprint density at radius 2 is 2.17 bits per heavy atom. The van der Waals surface area contributed by atoms with E-state index in [2.05, 4.69) is 15.6 Å². The standard InChI is InChI=1S/C20H28FN5O2.HI/c1-20(2,3)28-19(27)26-9-5-6-16(13-26)25-18(23-4)24-12-15-10-14(11-22)7-8-17(15)21;/h7-8,10,16H,5-6,9,12-13H2,1-4H3,(H2,23,24,25);1H. The molecule has 1 aliphatic rings. The van der Waals surface area contributed by atoms with Crippen molar-refractivity contribution in [1.29, 1.82) is 5.26 Å². The van der Waals surface area contributed by atoms with Gasteiger partial charge in [0.2, 0.25) is 0 Å². The zero-order chi connectivity index (χ0) is 20.7. The molecular weight excluding hydrogens is 488 g/mol. The van der Waals surface area contributed by atoms with Crippen LogP contribution in [0.2, 0.25) is 0 Å². The van der Waals surface area contributed by atoms with Gasteiger partial charge >= 0.3 is 6.09 Å². The Morgan fingerprint density at radius 3 is 2.79 bits per heavy atom. The van der Waals surface area contributed by atoms with Crippen molar-refractivity contribution in [3.8, 4) is 6.07 Å². The highest BCUT2D eigenvalue weighted by molar-refractivity contribution is 14.0. The maximum atomic E-state index is 13.9. The van der Waals surface area contributed by atoms with Crippen molar-refractivity contribution in [2.75, 3.05) is 20.1 Å². The monoisotopic (exact) mass is 517 g/mol. The Kier molecular flexibility index (Phi) is 9.62. The maximum Gasteiger partial charge on any atom is 0.410 e. The van der Waals surface area contributed by atoms with Crippen LogP contribution in [-0.4, -0.2) is 48.7 Å². The van der Waals surface area contributed by atoms with Crippen molar-refractivity contribution in [2.24, 2.45) is 4.99 Å². The average Bonchev–Trinajstić information content (AvgIpc) is 2.65. The van der Waals surface area contributed by atoms with Gasteiger partial charge in [-0.15, -0.1) is 24.0 Å². The molecule has 0 aromatic heterocycles. The molecule has 1 amide bonds. The summed E-state index contributed by atoms with van der Waals surface area (Å²) < 4.78 is 19.4. The summed E-state index contributed by atoms with van der Waals surface area (Å²) in [6, 6.07) is 6.26. The van der Waals surface area contributed by atoms with Crippen LogP contribution in [0, 0.1) is 17.1 Å². The lowest BCUT2D eigenvalue weighted by molar-refractivity contribution is 0.0193. The van der Waals surface area contributed by atoms with Crippen LogP contribution in [0.1, 0.15) is 44.7 Å². The number of ether oxygens (including phenoxy) is 1. The summed E-state index contributed by atoms with van der Waals surface area (Å²) in [6.07, 6.45) is 1.42. The molecule has 0 spiro atoms. The van der Waals surface area contributed by atoms with E-state index in [0.717, 1.165) is 12.8 Å². The second-order valence-electron chi connectivity index (χ2n) is 7.75. The molecular formula is C20H29FIN5O2. The highest BCUT2D eigenvalue weighted by Crippen LogP contribution is 2.15. The lowest BCUT2D eigenvalue weighted by Crippen LogP contribution is -2.53. The number of benzene rings is 1. The molecule has 1 saturated heterocycles. The van der Waals surface area contributed by atoms with Crippen LogP contribution >= 0.6 is 24.0 Å². The van der Waals surface area contributed by atoms with Crippen molar-refractivity contribution in [3.63, 3.8) is 0 Å². The number of hydrogen-bond acceptors (Lipinski definition) is 4. The zero-order valence-electron chi connectivity index (χ0n) is 17.3. The molecule has 0 radical (unpaired) electrons. The van der Waals surface area contributed by atoms with Gasteiger partial charge in [-0.2, -0.15) is 5.26 Å². The van der Waals surface area contributed by atoms with Gasteiger partial charge in [-0.25, -0.2) is 9.18 Å². The van der Waals surface area contributed by atoms with Crippen LogP contribution in [-0.2, 0) is 11.3 Å². The molecule has 0 aliphatic carbocycles. The lowest BCUT2D eigenvalue weighted by Gasteiger charge is -2.35. The SMILES string of the molecule is CN=C(NCc1cc(C#N)ccc1F)NC1CCCN(C(=O)OC(C)(C)C)C1.I. The maximum absolute atomic E-state index is 13.9. The molecule has 7 nitrogen and oxygen atoms in total. The van der Waals surface area contributed by atoms with Crippen molar-refractivity contribution in [2.45, 2.75) is 51.8 Å². The summed E-state index contributed by atoms with van der Waals surface area (Å²) >= 11 is 0. The number of nitrogens with zero attached hydrogens (tertiary/aromatic N) is 3. The molecule has 1 aliphatic heterocycles. The van der Waals surface area contributed by atoms with Gasteiger partial charge in [-0.1, -0.05) is 0 Å². The number of piperidine rings is 1.